The average molecular weight is 788 g/mol. The minimum Gasteiger partial charge on any atom is -0.459 e. The lowest BCUT2D eigenvalue weighted by Gasteiger charge is -2.23. The number of carbonyl (C=O) groups is 7. The summed E-state index contributed by atoms with van der Waals surface area (Å²) in [6.45, 7) is 9.85. The Morgan fingerprint density at radius 1 is 0.579 bits per heavy atom. The molecular formula is C42H53N5O10. The Morgan fingerprint density at radius 3 is 1.61 bits per heavy atom. The summed E-state index contributed by atoms with van der Waals surface area (Å²) in [4.78, 5) is 89.3. The molecule has 0 aliphatic carbocycles. The first-order valence-electron chi connectivity index (χ1n) is 18.7. The Hall–Kier alpha value is -6.25. The smallest absolute Gasteiger partial charge is 0.408 e. The van der Waals surface area contributed by atoms with Crippen molar-refractivity contribution in [1.29, 1.82) is 0 Å². The highest BCUT2D eigenvalue weighted by Gasteiger charge is 2.28. The topological polar surface area (TPSA) is 207 Å². The van der Waals surface area contributed by atoms with Crippen LogP contribution >= 0.6 is 0 Å². The average Bonchev–Trinajstić information content (AvgIpc) is 3.18. The Bertz CT molecular complexity index is 1810. The molecule has 3 rings (SSSR count). The first-order valence-corrected chi connectivity index (χ1v) is 18.7. The van der Waals surface area contributed by atoms with Crippen LogP contribution in [0, 0.1) is 0 Å². The van der Waals surface area contributed by atoms with Gasteiger partial charge in [-0.2, -0.15) is 0 Å². The van der Waals surface area contributed by atoms with Gasteiger partial charge in [-0.1, -0.05) is 60.7 Å². The molecule has 15 nitrogen and oxygen atoms in total. The number of hydrogen-bond donors (Lipinski definition) is 5. The minimum absolute atomic E-state index is 0.0338. The standard InChI is InChI=1S/C42H53N5O10/c1-27(36(49)46-29(3)39(52)55-25-30-15-9-7-10-16-30)44-35(48)28(2)45-38(51)34(47-41(54)56-26-31-17-11-8-12-18-31)19-13-14-24-43-37(50)32-20-22-33(23-21-32)40(53)57-42(4,5)6/h7-12,15-18,20-23,27-29,34H,13-14,19,24-26H2,1-6H3,(H,43,50)(H,44,48)(H,45,51)(H,46,49)(H,47,54)/t27-,28-,29-,34-/m0/s1. The molecule has 5 N–H and O–H groups in total. The molecule has 0 saturated heterocycles. The monoisotopic (exact) mass is 787 g/mol. The van der Waals surface area contributed by atoms with Gasteiger partial charge in [0.05, 0.1) is 5.56 Å². The van der Waals surface area contributed by atoms with Crippen molar-refractivity contribution in [2.24, 2.45) is 0 Å². The Morgan fingerprint density at radius 2 is 1.07 bits per heavy atom. The van der Waals surface area contributed by atoms with E-state index < -0.39 is 65.5 Å². The van der Waals surface area contributed by atoms with Gasteiger partial charge in [-0.25, -0.2) is 14.4 Å². The number of amides is 5. The molecule has 0 aliphatic rings. The molecule has 4 atom stereocenters. The molecule has 3 aromatic rings. The number of benzene rings is 3. The third kappa shape index (κ3) is 16.6. The predicted molar refractivity (Wildman–Crippen MR) is 210 cm³/mol. The van der Waals surface area contributed by atoms with E-state index in [0.717, 1.165) is 11.1 Å². The molecule has 0 aromatic heterocycles. The molecule has 57 heavy (non-hydrogen) atoms. The molecule has 5 amide bonds. The summed E-state index contributed by atoms with van der Waals surface area (Å²) in [6, 6.07) is 19.8. The number of alkyl carbamates (subject to hydrolysis) is 1. The van der Waals surface area contributed by atoms with Crippen LogP contribution in [0.15, 0.2) is 84.9 Å². The van der Waals surface area contributed by atoms with Crippen LogP contribution in [-0.2, 0) is 46.6 Å². The third-order valence-corrected chi connectivity index (χ3v) is 8.25. The molecule has 0 bridgehead atoms. The second kappa shape index (κ2) is 22.3. The van der Waals surface area contributed by atoms with Gasteiger partial charge in [0.2, 0.25) is 17.7 Å². The summed E-state index contributed by atoms with van der Waals surface area (Å²) < 4.78 is 15.9. The highest BCUT2D eigenvalue weighted by atomic mass is 16.6. The molecule has 0 unspecified atom stereocenters. The van der Waals surface area contributed by atoms with Crippen LogP contribution in [0.25, 0.3) is 0 Å². The van der Waals surface area contributed by atoms with Gasteiger partial charge in [0.15, 0.2) is 0 Å². The minimum atomic E-state index is -1.12. The van der Waals surface area contributed by atoms with E-state index in [-0.39, 0.29) is 32.1 Å². The fourth-order valence-corrected chi connectivity index (χ4v) is 5.08. The van der Waals surface area contributed by atoms with Crippen molar-refractivity contribution in [2.75, 3.05) is 6.54 Å². The molecule has 0 radical (unpaired) electrons. The largest absolute Gasteiger partial charge is 0.459 e. The second-order valence-electron chi connectivity index (χ2n) is 14.4. The number of rotatable bonds is 19. The van der Waals surface area contributed by atoms with Crippen LogP contribution in [0.2, 0.25) is 0 Å². The van der Waals surface area contributed by atoms with E-state index in [9.17, 15) is 33.6 Å². The van der Waals surface area contributed by atoms with E-state index in [2.05, 4.69) is 26.6 Å². The molecule has 0 heterocycles. The third-order valence-electron chi connectivity index (χ3n) is 8.25. The Balaban J connectivity index is 1.50. The molecule has 0 saturated carbocycles. The van der Waals surface area contributed by atoms with Gasteiger partial charge in [0, 0.05) is 12.1 Å². The van der Waals surface area contributed by atoms with Gasteiger partial charge >= 0.3 is 18.0 Å². The van der Waals surface area contributed by atoms with Crippen molar-refractivity contribution in [2.45, 2.75) is 104 Å². The number of ether oxygens (including phenoxy) is 3. The predicted octanol–water partition coefficient (Wildman–Crippen LogP) is 4.09. The highest BCUT2D eigenvalue weighted by molar-refractivity contribution is 5.96. The maximum Gasteiger partial charge on any atom is 0.408 e. The molecule has 3 aromatic carbocycles. The van der Waals surface area contributed by atoms with Gasteiger partial charge in [-0.05, 0) is 96.2 Å². The Kier molecular flexibility index (Phi) is 17.7. The van der Waals surface area contributed by atoms with Crippen molar-refractivity contribution in [3.63, 3.8) is 0 Å². The van der Waals surface area contributed by atoms with Crippen molar-refractivity contribution < 1.29 is 47.8 Å². The molecule has 15 heteroatoms. The second-order valence-corrected chi connectivity index (χ2v) is 14.4. The summed E-state index contributed by atoms with van der Waals surface area (Å²) in [5.41, 5.74) is 1.53. The first-order chi connectivity index (χ1) is 27.0. The number of nitrogens with one attached hydrogen (secondary N) is 5. The zero-order valence-electron chi connectivity index (χ0n) is 33.2. The van der Waals surface area contributed by atoms with E-state index in [1.165, 1.54) is 45.0 Å². The number of esters is 2. The fourth-order valence-electron chi connectivity index (χ4n) is 5.08. The summed E-state index contributed by atoms with van der Waals surface area (Å²) in [5, 5.41) is 12.9. The first kappa shape index (κ1) is 45.1. The number of carbonyl (C=O) groups excluding carboxylic acids is 7. The van der Waals surface area contributed by atoms with Crippen molar-refractivity contribution in [3.8, 4) is 0 Å². The van der Waals surface area contributed by atoms with Crippen LogP contribution < -0.4 is 26.6 Å². The molecule has 306 valence electrons. The fraction of sp³-hybridized carbons (Fsp3) is 0.405. The van der Waals surface area contributed by atoms with Crippen LogP contribution in [-0.4, -0.2) is 78.0 Å². The molecular weight excluding hydrogens is 734 g/mol. The van der Waals surface area contributed by atoms with Gasteiger partial charge in [0.1, 0.15) is 43.0 Å². The maximum absolute atomic E-state index is 13.4. The van der Waals surface area contributed by atoms with Gasteiger partial charge in [0.25, 0.3) is 5.91 Å². The SMILES string of the molecule is C[C@H](NC(=O)[C@H](C)NC(=O)[C@H](CCCCNC(=O)c1ccc(C(=O)OC(C)(C)C)cc1)NC(=O)OCc1ccccc1)C(=O)N[C@@H](C)C(=O)OCc1ccccc1. The van der Waals surface area contributed by atoms with Crippen LogP contribution in [0.1, 0.15) is 92.6 Å². The van der Waals surface area contributed by atoms with Crippen molar-refractivity contribution in [1.82, 2.24) is 26.6 Å². The normalized spacial score (nSPS) is 13.0. The quantitative estimate of drug-likeness (QED) is 0.0668. The lowest BCUT2D eigenvalue weighted by atomic mass is 10.1. The van der Waals surface area contributed by atoms with Crippen LogP contribution in [0.3, 0.4) is 0 Å². The lowest BCUT2D eigenvalue weighted by molar-refractivity contribution is -0.148. The molecule has 0 spiro atoms. The summed E-state index contributed by atoms with van der Waals surface area (Å²) in [6.07, 6.45) is 0.116. The van der Waals surface area contributed by atoms with Gasteiger partial charge in [-0.3, -0.25) is 19.2 Å². The van der Waals surface area contributed by atoms with Crippen LogP contribution in [0.4, 0.5) is 4.79 Å². The number of hydrogen-bond acceptors (Lipinski definition) is 10. The summed E-state index contributed by atoms with van der Waals surface area (Å²) in [5.74, 6) is -3.50. The van der Waals surface area contributed by atoms with Crippen LogP contribution in [0.5, 0.6) is 0 Å². The molecule has 0 aliphatic heterocycles. The lowest BCUT2D eigenvalue weighted by Crippen LogP contribution is -2.56. The number of unbranched alkanes of at least 4 members (excludes halogenated alkanes) is 1. The van der Waals surface area contributed by atoms with E-state index >= 15 is 0 Å². The summed E-state index contributed by atoms with van der Waals surface area (Å²) >= 11 is 0. The van der Waals surface area contributed by atoms with Crippen molar-refractivity contribution in [3.05, 3.63) is 107 Å². The van der Waals surface area contributed by atoms with Crippen molar-refractivity contribution >= 4 is 41.7 Å². The molecule has 0 fully saturated rings. The summed E-state index contributed by atoms with van der Waals surface area (Å²) in [7, 11) is 0. The van der Waals surface area contributed by atoms with E-state index in [1.807, 2.05) is 24.3 Å². The van der Waals surface area contributed by atoms with E-state index in [0.29, 0.717) is 24.0 Å². The van der Waals surface area contributed by atoms with E-state index in [4.69, 9.17) is 14.2 Å². The maximum atomic E-state index is 13.4. The zero-order chi connectivity index (χ0) is 42.0. The highest BCUT2D eigenvalue weighted by Crippen LogP contribution is 2.13. The van der Waals surface area contributed by atoms with E-state index in [1.54, 1.807) is 57.2 Å². The van der Waals surface area contributed by atoms with Gasteiger partial charge in [-0.15, -0.1) is 0 Å². The van der Waals surface area contributed by atoms with Gasteiger partial charge < -0.3 is 40.8 Å². The Labute approximate surface area is 333 Å². The zero-order valence-corrected chi connectivity index (χ0v) is 33.2.